The molecule has 6 heteroatoms. The highest BCUT2D eigenvalue weighted by atomic mass is 16.1. The van der Waals surface area contributed by atoms with Crippen molar-refractivity contribution in [1.82, 2.24) is 19.7 Å². The van der Waals surface area contributed by atoms with E-state index in [0.717, 1.165) is 57.4 Å². The first-order chi connectivity index (χ1) is 13.5. The zero-order valence-electron chi connectivity index (χ0n) is 16.2. The van der Waals surface area contributed by atoms with Crippen molar-refractivity contribution in [1.29, 1.82) is 0 Å². The highest BCUT2D eigenvalue weighted by Crippen LogP contribution is 2.40. The van der Waals surface area contributed by atoms with Gasteiger partial charge < -0.3 is 5.32 Å². The lowest BCUT2D eigenvalue weighted by Crippen LogP contribution is -2.14. The molecule has 4 aromatic rings. The van der Waals surface area contributed by atoms with Crippen molar-refractivity contribution in [2.45, 2.75) is 32.6 Å². The van der Waals surface area contributed by atoms with Crippen LogP contribution in [0.1, 0.15) is 46.1 Å². The average molecular weight is 371 g/mol. The Bertz CT molecular complexity index is 1250. The normalized spacial score (nSPS) is 14.0. The molecule has 0 unspecified atom stereocenters. The van der Waals surface area contributed by atoms with Gasteiger partial charge in [0, 0.05) is 30.2 Å². The van der Waals surface area contributed by atoms with Gasteiger partial charge in [-0.2, -0.15) is 5.10 Å². The minimum absolute atomic E-state index is 0.139. The molecule has 5 rings (SSSR count). The van der Waals surface area contributed by atoms with E-state index in [9.17, 15) is 4.79 Å². The van der Waals surface area contributed by atoms with Crippen LogP contribution in [0.2, 0.25) is 0 Å². The largest absolute Gasteiger partial charge is 0.321 e. The quantitative estimate of drug-likeness (QED) is 0.584. The number of benzene rings is 1. The van der Waals surface area contributed by atoms with Crippen LogP contribution in [0.15, 0.2) is 36.5 Å². The van der Waals surface area contributed by atoms with Crippen LogP contribution in [-0.2, 0) is 7.05 Å². The number of rotatable bonds is 3. The third-order valence-corrected chi connectivity index (χ3v) is 5.45. The van der Waals surface area contributed by atoms with E-state index in [0.29, 0.717) is 11.5 Å². The van der Waals surface area contributed by atoms with Crippen LogP contribution < -0.4 is 5.32 Å². The Morgan fingerprint density at radius 3 is 2.82 bits per heavy atom. The van der Waals surface area contributed by atoms with Crippen molar-refractivity contribution in [3.63, 3.8) is 0 Å². The summed E-state index contributed by atoms with van der Waals surface area (Å²) in [6, 6.07) is 9.74. The van der Waals surface area contributed by atoms with Crippen LogP contribution in [0.25, 0.3) is 21.9 Å². The van der Waals surface area contributed by atoms with Gasteiger partial charge in [0.05, 0.1) is 27.8 Å². The summed E-state index contributed by atoms with van der Waals surface area (Å²) in [4.78, 5) is 22.6. The van der Waals surface area contributed by atoms with Gasteiger partial charge in [-0.05, 0) is 56.5 Å². The molecule has 0 aliphatic heterocycles. The highest BCUT2D eigenvalue weighted by molar-refractivity contribution is 6.15. The fraction of sp³-hybridized carbons (Fsp3) is 0.273. The Labute approximate surface area is 162 Å². The molecule has 28 heavy (non-hydrogen) atoms. The Hall–Kier alpha value is -3.28. The molecule has 1 amide bonds. The summed E-state index contributed by atoms with van der Waals surface area (Å²) in [5.74, 6) is 0.315. The molecule has 0 atom stereocenters. The molecule has 6 nitrogen and oxygen atoms in total. The van der Waals surface area contributed by atoms with Crippen molar-refractivity contribution < 1.29 is 4.79 Å². The fourth-order valence-electron chi connectivity index (χ4n) is 3.84. The standard InChI is InChI=1S/C22H21N5O/c1-12-6-9-17(15-5-4-10-23-20(12)15)25-22(28)16-11-18(14-7-8-14)24-21-19(16)13(2)26-27(21)3/h4-6,9-11,14H,7-8H2,1-3H3,(H,25,28). The zero-order valence-corrected chi connectivity index (χ0v) is 16.2. The van der Waals surface area contributed by atoms with Crippen molar-refractivity contribution in [2.75, 3.05) is 5.32 Å². The maximum Gasteiger partial charge on any atom is 0.256 e. The number of nitrogens with one attached hydrogen (secondary N) is 1. The summed E-state index contributed by atoms with van der Waals surface area (Å²) >= 11 is 0. The maximum atomic E-state index is 13.3. The Morgan fingerprint density at radius 1 is 1.21 bits per heavy atom. The van der Waals surface area contributed by atoms with Gasteiger partial charge >= 0.3 is 0 Å². The van der Waals surface area contributed by atoms with Crippen LogP contribution in [0, 0.1) is 13.8 Å². The molecule has 3 aromatic heterocycles. The van der Waals surface area contributed by atoms with Gasteiger partial charge in [-0.15, -0.1) is 0 Å². The third kappa shape index (κ3) is 2.64. The molecule has 1 N–H and O–H groups in total. The summed E-state index contributed by atoms with van der Waals surface area (Å²) < 4.78 is 1.76. The van der Waals surface area contributed by atoms with E-state index in [-0.39, 0.29) is 5.91 Å². The highest BCUT2D eigenvalue weighted by Gasteiger charge is 2.28. The Kier molecular flexibility index (Phi) is 3.69. The smallest absolute Gasteiger partial charge is 0.256 e. The second-order valence-electron chi connectivity index (χ2n) is 7.56. The van der Waals surface area contributed by atoms with E-state index in [1.54, 1.807) is 10.9 Å². The predicted molar refractivity (Wildman–Crippen MR) is 110 cm³/mol. The molecule has 1 fully saturated rings. The van der Waals surface area contributed by atoms with Crippen LogP contribution in [0.3, 0.4) is 0 Å². The lowest BCUT2D eigenvalue weighted by atomic mass is 10.1. The molecule has 1 aliphatic rings. The summed E-state index contributed by atoms with van der Waals surface area (Å²) in [6.07, 6.45) is 4.03. The molecular formula is C22H21N5O. The lowest BCUT2D eigenvalue weighted by molar-refractivity contribution is 0.102. The number of hydrogen-bond acceptors (Lipinski definition) is 4. The minimum atomic E-state index is -0.139. The van der Waals surface area contributed by atoms with Gasteiger partial charge in [0.2, 0.25) is 0 Å². The number of carbonyl (C=O) groups is 1. The second-order valence-corrected chi connectivity index (χ2v) is 7.56. The van der Waals surface area contributed by atoms with Gasteiger partial charge in [-0.25, -0.2) is 4.98 Å². The van der Waals surface area contributed by atoms with Gasteiger partial charge in [-0.1, -0.05) is 6.07 Å². The van der Waals surface area contributed by atoms with Crippen LogP contribution in [0.4, 0.5) is 5.69 Å². The molecule has 0 spiro atoms. The summed E-state index contributed by atoms with van der Waals surface area (Å²) in [5, 5.41) is 9.34. The number of hydrogen-bond donors (Lipinski definition) is 1. The zero-order chi connectivity index (χ0) is 19.4. The van der Waals surface area contributed by atoms with Gasteiger partial charge in [-0.3, -0.25) is 14.5 Å². The molecule has 1 aromatic carbocycles. The van der Waals surface area contributed by atoms with Gasteiger partial charge in [0.15, 0.2) is 5.65 Å². The van der Waals surface area contributed by atoms with E-state index < -0.39 is 0 Å². The molecular weight excluding hydrogens is 350 g/mol. The molecule has 0 saturated heterocycles. The molecule has 3 heterocycles. The Morgan fingerprint density at radius 2 is 2.04 bits per heavy atom. The number of amides is 1. The molecule has 1 saturated carbocycles. The van der Waals surface area contributed by atoms with Crippen LogP contribution in [-0.4, -0.2) is 25.7 Å². The van der Waals surface area contributed by atoms with E-state index in [1.165, 1.54) is 0 Å². The number of aryl methyl sites for hydroxylation is 3. The summed E-state index contributed by atoms with van der Waals surface area (Å²) in [7, 11) is 1.87. The van der Waals surface area contributed by atoms with Gasteiger partial charge in [0.1, 0.15) is 0 Å². The van der Waals surface area contributed by atoms with E-state index in [2.05, 4.69) is 15.4 Å². The van der Waals surface area contributed by atoms with Crippen molar-refractivity contribution in [2.24, 2.45) is 7.05 Å². The second kappa shape index (κ2) is 6.12. The SMILES string of the molecule is Cc1ccc(NC(=O)c2cc(C3CC3)nc3c2c(C)nn3C)c2cccnc12. The number of nitrogens with zero attached hydrogens (tertiary/aromatic N) is 4. The van der Waals surface area contributed by atoms with Crippen molar-refractivity contribution in [3.8, 4) is 0 Å². The number of pyridine rings is 2. The number of aromatic nitrogens is 4. The molecule has 0 radical (unpaired) electrons. The maximum absolute atomic E-state index is 13.3. The average Bonchev–Trinajstić information content (AvgIpc) is 3.50. The van der Waals surface area contributed by atoms with Crippen molar-refractivity contribution in [3.05, 3.63) is 59.0 Å². The Balaban J connectivity index is 1.63. The van der Waals surface area contributed by atoms with Crippen LogP contribution in [0.5, 0.6) is 0 Å². The predicted octanol–water partition coefficient (Wildman–Crippen LogP) is 4.26. The van der Waals surface area contributed by atoms with Crippen LogP contribution >= 0.6 is 0 Å². The number of anilines is 1. The summed E-state index contributed by atoms with van der Waals surface area (Å²) in [5.41, 5.74) is 5.94. The molecule has 1 aliphatic carbocycles. The molecule has 0 bridgehead atoms. The monoisotopic (exact) mass is 371 g/mol. The number of fused-ring (bicyclic) bond motifs is 2. The fourth-order valence-corrected chi connectivity index (χ4v) is 3.84. The number of carbonyl (C=O) groups excluding carboxylic acids is 1. The lowest BCUT2D eigenvalue weighted by Gasteiger charge is -2.12. The van der Waals surface area contributed by atoms with E-state index in [4.69, 9.17) is 4.98 Å². The third-order valence-electron chi connectivity index (χ3n) is 5.45. The summed E-state index contributed by atoms with van der Waals surface area (Å²) in [6.45, 7) is 3.94. The first-order valence-corrected chi connectivity index (χ1v) is 9.53. The first-order valence-electron chi connectivity index (χ1n) is 9.53. The minimum Gasteiger partial charge on any atom is -0.321 e. The first kappa shape index (κ1) is 16.9. The van der Waals surface area contributed by atoms with E-state index >= 15 is 0 Å². The molecule has 140 valence electrons. The van der Waals surface area contributed by atoms with Gasteiger partial charge in [0.25, 0.3) is 5.91 Å². The topological polar surface area (TPSA) is 72.7 Å². The van der Waals surface area contributed by atoms with E-state index in [1.807, 2.05) is 51.2 Å². The van der Waals surface area contributed by atoms with Crippen molar-refractivity contribution >= 4 is 33.5 Å².